The molecule has 1 saturated carbocycles. The second kappa shape index (κ2) is 4.24. The molecule has 0 bridgehead atoms. The summed E-state index contributed by atoms with van der Waals surface area (Å²) in [5.41, 5.74) is 0. The van der Waals surface area contributed by atoms with Crippen molar-refractivity contribution in [2.24, 2.45) is 5.92 Å². The van der Waals surface area contributed by atoms with Gasteiger partial charge in [-0.15, -0.1) is 11.3 Å². The average molecular weight is 239 g/mol. The zero-order chi connectivity index (χ0) is 11.0. The van der Waals surface area contributed by atoms with E-state index in [0.717, 1.165) is 17.7 Å². The molecule has 1 aliphatic carbocycles. The van der Waals surface area contributed by atoms with Crippen LogP contribution in [0.15, 0.2) is 6.20 Å². The van der Waals surface area contributed by atoms with E-state index in [1.54, 1.807) is 6.20 Å². The van der Waals surface area contributed by atoms with Crippen molar-refractivity contribution >= 4 is 17.1 Å². The van der Waals surface area contributed by atoms with E-state index in [-0.39, 0.29) is 18.0 Å². The SMILES string of the molecule is O=C(c1ncc(C2OCCO2)s1)C1CCC1. The number of carbonyl (C=O) groups is 1. The number of Topliss-reactive ketones (excluding diaryl/α,β-unsaturated/α-hetero) is 1. The molecule has 4 nitrogen and oxygen atoms in total. The highest BCUT2D eigenvalue weighted by Gasteiger charge is 2.29. The van der Waals surface area contributed by atoms with E-state index in [0.29, 0.717) is 18.2 Å². The van der Waals surface area contributed by atoms with Crippen molar-refractivity contribution in [1.29, 1.82) is 0 Å². The Kier molecular flexibility index (Phi) is 2.75. The molecular weight excluding hydrogens is 226 g/mol. The maximum atomic E-state index is 11.9. The van der Waals surface area contributed by atoms with Crippen LogP contribution in [0.4, 0.5) is 0 Å². The molecule has 0 aromatic carbocycles. The molecule has 2 fully saturated rings. The number of ketones is 1. The molecule has 5 heteroatoms. The number of thiazole rings is 1. The van der Waals surface area contributed by atoms with Gasteiger partial charge in [0.05, 0.1) is 18.1 Å². The highest BCUT2D eigenvalue weighted by molar-refractivity contribution is 7.13. The maximum Gasteiger partial charge on any atom is 0.194 e. The van der Waals surface area contributed by atoms with Crippen molar-refractivity contribution in [2.75, 3.05) is 13.2 Å². The third kappa shape index (κ3) is 1.79. The summed E-state index contributed by atoms with van der Waals surface area (Å²) >= 11 is 1.41. The summed E-state index contributed by atoms with van der Waals surface area (Å²) in [4.78, 5) is 17.0. The number of nitrogens with zero attached hydrogens (tertiary/aromatic N) is 1. The van der Waals surface area contributed by atoms with Crippen LogP contribution in [0.1, 0.15) is 40.2 Å². The van der Waals surface area contributed by atoms with Crippen LogP contribution in [0.25, 0.3) is 0 Å². The fourth-order valence-electron chi connectivity index (χ4n) is 1.88. The lowest BCUT2D eigenvalue weighted by Gasteiger charge is -2.22. The Morgan fingerprint density at radius 3 is 2.75 bits per heavy atom. The number of ether oxygens (including phenoxy) is 2. The molecule has 0 atom stereocenters. The van der Waals surface area contributed by atoms with Crippen LogP contribution in [0.2, 0.25) is 0 Å². The first-order valence-corrected chi connectivity index (χ1v) is 6.39. The van der Waals surface area contributed by atoms with Gasteiger partial charge in [0.15, 0.2) is 17.1 Å². The fraction of sp³-hybridized carbons (Fsp3) is 0.636. The fourth-order valence-corrected chi connectivity index (χ4v) is 2.81. The van der Waals surface area contributed by atoms with Crippen molar-refractivity contribution in [3.8, 4) is 0 Å². The monoisotopic (exact) mass is 239 g/mol. The third-order valence-corrected chi connectivity index (χ3v) is 4.10. The molecular formula is C11H13NO3S. The van der Waals surface area contributed by atoms with Gasteiger partial charge in [-0.05, 0) is 12.8 Å². The van der Waals surface area contributed by atoms with Gasteiger partial charge in [-0.2, -0.15) is 0 Å². The first-order chi connectivity index (χ1) is 7.84. The molecule has 2 heterocycles. The minimum Gasteiger partial charge on any atom is -0.345 e. The van der Waals surface area contributed by atoms with Crippen molar-refractivity contribution in [3.05, 3.63) is 16.1 Å². The molecule has 0 amide bonds. The van der Waals surface area contributed by atoms with Gasteiger partial charge in [0.1, 0.15) is 0 Å². The van der Waals surface area contributed by atoms with Gasteiger partial charge in [0.25, 0.3) is 0 Å². The first kappa shape index (κ1) is 10.4. The van der Waals surface area contributed by atoms with Gasteiger partial charge in [0, 0.05) is 12.1 Å². The summed E-state index contributed by atoms with van der Waals surface area (Å²) in [6, 6.07) is 0. The second-order valence-corrected chi connectivity index (χ2v) is 5.20. The highest BCUT2D eigenvalue weighted by Crippen LogP contribution is 2.33. The Labute approximate surface area is 97.6 Å². The normalized spacial score (nSPS) is 22.2. The first-order valence-electron chi connectivity index (χ1n) is 5.58. The van der Waals surface area contributed by atoms with Crippen molar-refractivity contribution in [3.63, 3.8) is 0 Å². The van der Waals surface area contributed by atoms with E-state index < -0.39 is 0 Å². The predicted octanol–water partition coefficient (Wildman–Crippen LogP) is 2.17. The predicted molar refractivity (Wildman–Crippen MR) is 58.4 cm³/mol. The number of hydrogen-bond acceptors (Lipinski definition) is 5. The van der Waals surface area contributed by atoms with Gasteiger partial charge < -0.3 is 9.47 Å². The summed E-state index contributed by atoms with van der Waals surface area (Å²) in [6.45, 7) is 1.24. The van der Waals surface area contributed by atoms with Crippen LogP contribution in [-0.4, -0.2) is 24.0 Å². The molecule has 1 saturated heterocycles. The Hall–Kier alpha value is -0.780. The van der Waals surface area contributed by atoms with E-state index in [1.165, 1.54) is 17.8 Å². The van der Waals surface area contributed by atoms with Gasteiger partial charge in [-0.3, -0.25) is 4.79 Å². The Bertz CT molecular complexity index is 394. The number of rotatable bonds is 3. The molecule has 3 rings (SSSR count). The Balaban J connectivity index is 1.73. The van der Waals surface area contributed by atoms with E-state index in [1.807, 2.05) is 0 Å². The molecule has 1 aliphatic heterocycles. The zero-order valence-electron chi connectivity index (χ0n) is 8.85. The molecule has 16 heavy (non-hydrogen) atoms. The number of hydrogen-bond donors (Lipinski definition) is 0. The summed E-state index contributed by atoms with van der Waals surface area (Å²) in [7, 11) is 0. The molecule has 1 aromatic rings. The standard InChI is InChI=1S/C11H13NO3S/c13-9(7-2-1-3-7)10-12-6-8(16-10)11-14-4-5-15-11/h6-7,11H,1-5H2. The van der Waals surface area contributed by atoms with E-state index in [4.69, 9.17) is 9.47 Å². The van der Waals surface area contributed by atoms with E-state index >= 15 is 0 Å². The van der Waals surface area contributed by atoms with Crippen molar-refractivity contribution in [1.82, 2.24) is 4.98 Å². The minimum absolute atomic E-state index is 0.195. The topological polar surface area (TPSA) is 48.4 Å². The second-order valence-electron chi connectivity index (χ2n) is 4.13. The molecule has 86 valence electrons. The van der Waals surface area contributed by atoms with Crippen LogP contribution >= 0.6 is 11.3 Å². The Morgan fingerprint density at radius 1 is 1.38 bits per heavy atom. The highest BCUT2D eigenvalue weighted by atomic mass is 32.1. The van der Waals surface area contributed by atoms with E-state index in [9.17, 15) is 4.79 Å². The van der Waals surface area contributed by atoms with Gasteiger partial charge in [-0.1, -0.05) is 6.42 Å². The van der Waals surface area contributed by atoms with Gasteiger partial charge in [-0.25, -0.2) is 4.98 Å². The van der Waals surface area contributed by atoms with Crippen molar-refractivity contribution < 1.29 is 14.3 Å². The minimum atomic E-state index is -0.305. The lowest BCUT2D eigenvalue weighted by molar-refractivity contribution is -0.0414. The third-order valence-electron chi connectivity index (χ3n) is 3.06. The lowest BCUT2D eigenvalue weighted by atomic mass is 9.82. The van der Waals surface area contributed by atoms with Crippen molar-refractivity contribution in [2.45, 2.75) is 25.6 Å². The molecule has 0 N–H and O–H groups in total. The lowest BCUT2D eigenvalue weighted by Crippen LogP contribution is -2.21. The maximum absolute atomic E-state index is 11.9. The Morgan fingerprint density at radius 2 is 2.12 bits per heavy atom. The van der Waals surface area contributed by atoms with Crippen LogP contribution in [0, 0.1) is 5.92 Å². The quantitative estimate of drug-likeness (QED) is 0.758. The molecule has 1 aromatic heterocycles. The summed E-state index contributed by atoms with van der Waals surface area (Å²) in [6.07, 6.45) is 4.60. The zero-order valence-corrected chi connectivity index (χ0v) is 9.66. The summed E-state index contributed by atoms with van der Waals surface area (Å²) in [5.74, 6) is 0.407. The van der Waals surface area contributed by atoms with Gasteiger partial charge >= 0.3 is 0 Å². The summed E-state index contributed by atoms with van der Waals surface area (Å²) < 4.78 is 10.7. The smallest absolute Gasteiger partial charge is 0.194 e. The van der Waals surface area contributed by atoms with Crippen LogP contribution in [0.5, 0.6) is 0 Å². The largest absolute Gasteiger partial charge is 0.345 e. The average Bonchev–Trinajstić information content (AvgIpc) is 2.86. The molecule has 0 unspecified atom stereocenters. The number of carbonyl (C=O) groups excluding carboxylic acids is 1. The van der Waals surface area contributed by atoms with Crippen LogP contribution < -0.4 is 0 Å². The van der Waals surface area contributed by atoms with Crippen LogP contribution in [0.3, 0.4) is 0 Å². The molecule has 0 radical (unpaired) electrons. The van der Waals surface area contributed by atoms with Gasteiger partial charge in [0.2, 0.25) is 0 Å². The molecule has 2 aliphatic rings. The molecule has 0 spiro atoms. The number of aromatic nitrogens is 1. The van der Waals surface area contributed by atoms with Crippen LogP contribution in [-0.2, 0) is 9.47 Å². The van der Waals surface area contributed by atoms with E-state index in [2.05, 4.69) is 4.98 Å². The summed E-state index contributed by atoms with van der Waals surface area (Å²) in [5, 5.41) is 0.610.